The van der Waals surface area contributed by atoms with Crippen molar-refractivity contribution in [2.24, 2.45) is 0 Å². The van der Waals surface area contributed by atoms with Gasteiger partial charge in [0.05, 0.1) is 15.6 Å². The first-order valence-electron chi connectivity index (χ1n) is 6.80. The van der Waals surface area contributed by atoms with E-state index < -0.39 is 4.92 Å². The topological polar surface area (TPSA) is 81.5 Å². The molecule has 0 aliphatic carbocycles. The first kappa shape index (κ1) is 16.8. The van der Waals surface area contributed by atoms with Crippen LogP contribution in [0.4, 0.5) is 11.4 Å². The molecule has 0 aliphatic rings. The van der Waals surface area contributed by atoms with Gasteiger partial charge in [0, 0.05) is 11.6 Å². The SMILES string of the molecule is Cc1ccc(NC(=O)COc2ccc([N+](=O)[O-])c(C)c2)c(Cl)c1. The van der Waals surface area contributed by atoms with Crippen molar-refractivity contribution >= 4 is 28.9 Å². The monoisotopic (exact) mass is 334 g/mol. The highest BCUT2D eigenvalue weighted by Gasteiger charge is 2.12. The summed E-state index contributed by atoms with van der Waals surface area (Å²) >= 11 is 6.04. The zero-order valence-corrected chi connectivity index (χ0v) is 13.4. The van der Waals surface area contributed by atoms with Gasteiger partial charge in [-0.1, -0.05) is 17.7 Å². The summed E-state index contributed by atoms with van der Waals surface area (Å²) < 4.78 is 5.34. The fourth-order valence-corrected chi connectivity index (χ4v) is 2.26. The van der Waals surface area contributed by atoms with Crippen molar-refractivity contribution in [1.29, 1.82) is 0 Å². The molecule has 2 aromatic carbocycles. The first-order chi connectivity index (χ1) is 10.9. The van der Waals surface area contributed by atoms with E-state index in [0.717, 1.165) is 5.56 Å². The highest BCUT2D eigenvalue weighted by molar-refractivity contribution is 6.33. The van der Waals surface area contributed by atoms with E-state index >= 15 is 0 Å². The molecule has 0 radical (unpaired) electrons. The molecule has 0 fully saturated rings. The van der Waals surface area contributed by atoms with Crippen LogP contribution in [-0.4, -0.2) is 17.4 Å². The number of nitro benzene ring substituents is 1. The van der Waals surface area contributed by atoms with Gasteiger partial charge in [0.2, 0.25) is 0 Å². The number of rotatable bonds is 5. The lowest BCUT2D eigenvalue weighted by atomic mass is 10.2. The number of carbonyl (C=O) groups is 1. The summed E-state index contributed by atoms with van der Waals surface area (Å²) in [5.41, 5.74) is 1.97. The minimum atomic E-state index is -0.467. The summed E-state index contributed by atoms with van der Waals surface area (Å²) in [5, 5.41) is 13.8. The maximum atomic E-state index is 11.9. The number of hydrogen-bond acceptors (Lipinski definition) is 4. The molecular weight excluding hydrogens is 320 g/mol. The molecule has 1 amide bonds. The lowest BCUT2D eigenvalue weighted by molar-refractivity contribution is -0.385. The van der Waals surface area contributed by atoms with E-state index in [2.05, 4.69) is 5.32 Å². The minimum Gasteiger partial charge on any atom is -0.484 e. The molecule has 7 heteroatoms. The Labute approximate surface area is 138 Å². The maximum absolute atomic E-state index is 11.9. The molecule has 120 valence electrons. The van der Waals surface area contributed by atoms with E-state index in [1.165, 1.54) is 18.2 Å². The van der Waals surface area contributed by atoms with Crippen molar-refractivity contribution in [2.45, 2.75) is 13.8 Å². The largest absolute Gasteiger partial charge is 0.484 e. The maximum Gasteiger partial charge on any atom is 0.272 e. The van der Waals surface area contributed by atoms with Crippen LogP contribution in [0.25, 0.3) is 0 Å². The smallest absolute Gasteiger partial charge is 0.272 e. The molecule has 23 heavy (non-hydrogen) atoms. The number of nitrogens with zero attached hydrogens (tertiary/aromatic N) is 1. The Morgan fingerprint density at radius 1 is 1.26 bits per heavy atom. The van der Waals surface area contributed by atoms with E-state index in [4.69, 9.17) is 16.3 Å². The molecule has 1 N–H and O–H groups in total. The fourth-order valence-electron chi connectivity index (χ4n) is 1.98. The van der Waals surface area contributed by atoms with Crippen LogP contribution in [0.15, 0.2) is 36.4 Å². The molecule has 0 bridgehead atoms. The van der Waals surface area contributed by atoms with Gasteiger partial charge in [-0.05, 0) is 43.7 Å². The molecule has 0 heterocycles. The molecule has 0 atom stereocenters. The molecular formula is C16H15ClN2O4. The van der Waals surface area contributed by atoms with Crippen LogP contribution >= 0.6 is 11.6 Å². The Hall–Kier alpha value is -2.60. The van der Waals surface area contributed by atoms with Crippen molar-refractivity contribution in [3.05, 3.63) is 62.7 Å². The quantitative estimate of drug-likeness (QED) is 0.664. The number of nitrogens with one attached hydrogen (secondary N) is 1. The Morgan fingerprint density at radius 2 is 2.00 bits per heavy atom. The number of carbonyl (C=O) groups excluding carboxylic acids is 1. The highest BCUT2D eigenvalue weighted by Crippen LogP contribution is 2.24. The van der Waals surface area contributed by atoms with Gasteiger partial charge >= 0.3 is 0 Å². The van der Waals surface area contributed by atoms with Gasteiger partial charge in [-0.25, -0.2) is 0 Å². The summed E-state index contributed by atoms with van der Waals surface area (Å²) in [6, 6.07) is 9.62. The lowest BCUT2D eigenvalue weighted by Gasteiger charge is -2.09. The molecule has 0 saturated heterocycles. The third-order valence-corrected chi connectivity index (χ3v) is 3.45. The molecule has 0 unspecified atom stereocenters. The standard InChI is InChI=1S/C16H15ClN2O4/c1-10-3-5-14(13(17)7-10)18-16(20)9-23-12-4-6-15(19(21)22)11(2)8-12/h3-8H,9H2,1-2H3,(H,18,20). The van der Waals surface area contributed by atoms with Crippen LogP contribution in [0.3, 0.4) is 0 Å². The van der Waals surface area contributed by atoms with Gasteiger partial charge in [0.1, 0.15) is 5.75 Å². The van der Waals surface area contributed by atoms with Crippen LogP contribution in [0.5, 0.6) is 5.75 Å². The predicted octanol–water partition coefficient (Wildman–Crippen LogP) is 3.88. The van der Waals surface area contributed by atoms with Gasteiger partial charge in [0.15, 0.2) is 6.61 Å². The predicted molar refractivity (Wildman–Crippen MR) is 88.1 cm³/mol. The molecule has 2 rings (SSSR count). The zero-order chi connectivity index (χ0) is 17.0. The molecule has 0 aromatic heterocycles. The van der Waals surface area contributed by atoms with Crippen LogP contribution in [0.1, 0.15) is 11.1 Å². The number of anilines is 1. The van der Waals surface area contributed by atoms with Crippen molar-refractivity contribution in [1.82, 2.24) is 0 Å². The van der Waals surface area contributed by atoms with Crippen molar-refractivity contribution in [3.8, 4) is 5.75 Å². The van der Waals surface area contributed by atoms with E-state index in [-0.39, 0.29) is 18.2 Å². The van der Waals surface area contributed by atoms with E-state index in [0.29, 0.717) is 22.0 Å². The van der Waals surface area contributed by atoms with Gasteiger partial charge in [-0.3, -0.25) is 14.9 Å². The normalized spacial score (nSPS) is 10.2. The van der Waals surface area contributed by atoms with E-state index in [9.17, 15) is 14.9 Å². The minimum absolute atomic E-state index is 0.00763. The van der Waals surface area contributed by atoms with Crippen LogP contribution in [0, 0.1) is 24.0 Å². The number of hydrogen-bond donors (Lipinski definition) is 1. The number of benzene rings is 2. The number of aryl methyl sites for hydroxylation is 2. The van der Waals surface area contributed by atoms with Gasteiger partial charge < -0.3 is 10.1 Å². The fraction of sp³-hybridized carbons (Fsp3) is 0.188. The Balaban J connectivity index is 1.96. The van der Waals surface area contributed by atoms with Crippen molar-refractivity contribution in [2.75, 3.05) is 11.9 Å². The Bertz CT molecular complexity index is 762. The van der Waals surface area contributed by atoms with Crippen molar-refractivity contribution in [3.63, 3.8) is 0 Å². The summed E-state index contributed by atoms with van der Waals surface area (Å²) in [7, 11) is 0. The number of amides is 1. The summed E-state index contributed by atoms with van der Waals surface area (Å²) in [4.78, 5) is 22.2. The average molecular weight is 335 g/mol. The first-order valence-corrected chi connectivity index (χ1v) is 7.18. The molecule has 6 nitrogen and oxygen atoms in total. The van der Waals surface area contributed by atoms with Crippen LogP contribution in [-0.2, 0) is 4.79 Å². The Kier molecular flexibility index (Phi) is 5.18. The summed E-state index contributed by atoms with van der Waals surface area (Å²) in [5.74, 6) is 0.0185. The lowest BCUT2D eigenvalue weighted by Crippen LogP contribution is -2.20. The second kappa shape index (κ2) is 7.11. The molecule has 0 saturated carbocycles. The van der Waals surface area contributed by atoms with E-state index in [1.807, 2.05) is 13.0 Å². The second-order valence-electron chi connectivity index (χ2n) is 5.03. The van der Waals surface area contributed by atoms with Crippen LogP contribution in [0.2, 0.25) is 5.02 Å². The highest BCUT2D eigenvalue weighted by atomic mass is 35.5. The zero-order valence-electron chi connectivity index (χ0n) is 12.6. The Morgan fingerprint density at radius 3 is 2.61 bits per heavy atom. The second-order valence-corrected chi connectivity index (χ2v) is 5.43. The van der Waals surface area contributed by atoms with Crippen LogP contribution < -0.4 is 10.1 Å². The van der Waals surface area contributed by atoms with Gasteiger partial charge in [0.25, 0.3) is 11.6 Å². The number of ether oxygens (including phenoxy) is 1. The van der Waals surface area contributed by atoms with Gasteiger partial charge in [-0.2, -0.15) is 0 Å². The third kappa shape index (κ3) is 4.43. The molecule has 0 spiro atoms. The van der Waals surface area contributed by atoms with Gasteiger partial charge in [-0.15, -0.1) is 0 Å². The third-order valence-electron chi connectivity index (χ3n) is 3.13. The number of nitro groups is 1. The summed E-state index contributed by atoms with van der Waals surface area (Å²) in [6.45, 7) is 3.29. The molecule has 2 aromatic rings. The van der Waals surface area contributed by atoms with Crippen molar-refractivity contribution < 1.29 is 14.5 Å². The van der Waals surface area contributed by atoms with E-state index in [1.54, 1.807) is 19.1 Å². The molecule has 0 aliphatic heterocycles. The summed E-state index contributed by atoms with van der Waals surface area (Å²) in [6.07, 6.45) is 0. The average Bonchev–Trinajstić information content (AvgIpc) is 2.48. The number of halogens is 1.